The number of hydrazone groups is 1. The summed E-state index contributed by atoms with van der Waals surface area (Å²) >= 11 is 5.01. The minimum atomic E-state index is 0.500. The maximum Gasteiger partial charge on any atom is 0.186 e. The summed E-state index contributed by atoms with van der Waals surface area (Å²) < 4.78 is 11.1. The van der Waals surface area contributed by atoms with Crippen LogP contribution < -0.4 is 20.2 Å². The summed E-state index contributed by atoms with van der Waals surface area (Å²) in [4.78, 5) is 0. The van der Waals surface area contributed by atoms with Gasteiger partial charge in [0.1, 0.15) is 0 Å². The number of benzene rings is 1. The number of hydrogen-bond donors (Lipinski definition) is 2. The first-order chi connectivity index (χ1) is 9.71. The predicted molar refractivity (Wildman–Crippen MR) is 85.8 cm³/mol. The molecule has 0 atom stereocenters. The molecule has 0 unspecified atom stereocenters. The summed E-state index contributed by atoms with van der Waals surface area (Å²) in [6.45, 7) is 7.80. The second-order valence-corrected chi connectivity index (χ2v) is 4.21. The Bertz CT molecular complexity index is 464. The van der Waals surface area contributed by atoms with Crippen molar-refractivity contribution in [1.29, 1.82) is 0 Å². The molecule has 0 aromatic heterocycles. The largest absolute Gasteiger partial charge is 0.490 e. The topological polar surface area (TPSA) is 54.9 Å². The van der Waals surface area contributed by atoms with Crippen LogP contribution in [0.2, 0.25) is 0 Å². The van der Waals surface area contributed by atoms with Crippen molar-refractivity contribution in [3.63, 3.8) is 0 Å². The SMILES string of the molecule is CCNC(=S)N/N=C\c1ccc(OCC)c(OCC)c1. The number of ether oxygens (including phenoxy) is 2. The Kier molecular flexibility index (Phi) is 7.42. The van der Waals surface area contributed by atoms with E-state index >= 15 is 0 Å². The van der Waals surface area contributed by atoms with Crippen molar-refractivity contribution in [3.8, 4) is 11.5 Å². The Morgan fingerprint density at radius 2 is 1.90 bits per heavy atom. The van der Waals surface area contributed by atoms with E-state index < -0.39 is 0 Å². The van der Waals surface area contributed by atoms with Crippen molar-refractivity contribution in [2.45, 2.75) is 20.8 Å². The quantitative estimate of drug-likeness (QED) is 0.459. The van der Waals surface area contributed by atoms with Gasteiger partial charge in [-0.3, -0.25) is 5.43 Å². The zero-order valence-electron chi connectivity index (χ0n) is 12.1. The minimum Gasteiger partial charge on any atom is -0.490 e. The molecule has 0 bridgehead atoms. The van der Waals surface area contributed by atoms with Crippen molar-refractivity contribution in [2.24, 2.45) is 5.10 Å². The third-order valence-corrected chi connectivity index (χ3v) is 2.52. The summed E-state index contributed by atoms with van der Waals surface area (Å²) in [5.74, 6) is 1.45. The van der Waals surface area contributed by atoms with Gasteiger partial charge in [-0.2, -0.15) is 5.10 Å². The Morgan fingerprint density at radius 1 is 1.20 bits per heavy atom. The molecular formula is C14H21N3O2S. The Morgan fingerprint density at radius 3 is 2.55 bits per heavy atom. The second kappa shape index (κ2) is 9.14. The molecule has 2 N–H and O–H groups in total. The van der Waals surface area contributed by atoms with E-state index in [9.17, 15) is 0 Å². The Labute approximate surface area is 125 Å². The average molecular weight is 295 g/mol. The Hall–Kier alpha value is -1.82. The monoisotopic (exact) mass is 295 g/mol. The van der Waals surface area contributed by atoms with E-state index in [2.05, 4.69) is 15.8 Å². The van der Waals surface area contributed by atoms with Crippen molar-refractivity contribution in [2.75, 3.05) is 19.8 Å². The maximum absolute atomic E-state index is 5.55. The molecule has 0 aliphatic rings. The van der Waals surface area contributed by atoms with Crippen molar-refractivity contribution in [3.05, 3.63) is 23.8 Å². The smallest absolute Gasteiger partial charge is 0.186 e. The Balaban J connectivity index is 2.73. The molecule has 20 heavy (non-hydrogen) atoms. The van der Waals surface area contributed by atoms with E-state index in [0.717, 1.165) is 17.9 Å². The third-order valence-electron chi connectivity index (χ3n) is 2.28. The number of nitrogens with one attached hydrogen (secondary N) is 2. The molecule has 0 saturated heterocycles. The van der Waals surface area contributed by atoms with Gasteiger partial charge in [-0.05, 0) is 56.8 Å². The van der Waals surface area contributed by atoms with Crippen molar-refractivity contribution >= 4 is 23.5 Å². The van der Waals surface area contributed by atoms with Crippen LogP contribution in [0, 0.1) is 0 Å². The molecule has 110 valence electrons. The van der Waals surface area contributed by atoms with Gasteiger partial charge in [-0.1, -0.05) is 0 Å². The average Bonchev–Trinajstić information content (AvgIpc) is 2.42. The molecule has 5 nitrogen and oxygen atoms in total. The fourth-order valence-corrected chi connectivity index (χ4v) is 1.71. The maximum atomic E-state index is 5.55. The van der Waals surface area contributed by atoms with Gasteiger partial charge in [0.2, 0.25) is 0 Å². The summed E-state index contributed by atoms with van der Waals surface area (Å²) in [6.07, 6.45) is 1.68. The van der Waals surface area contributed by atoms with Crippen LogP contribution in [-0.2, 0) is 0 Å². The van der Waals surface area contributed by atoms with Crippen molar-refractivity contribution < 1.29 is 9.47 Å². The molecule has 1 aromatic rings. The molecule has 0 heterocycles. The number of hydrogen-bond acceptors (Lipinski definition) is 4. The highest BCUT2D eigenvalue weighted by Gasteiger charge is 2.04. The summed E-state index contributed by atoms with van der Waals surface area (Å²) in [6, 6.07) is 5.67. The van der Waals surface area contributed by atoms with Crippen LogP contribution in [0.1, 0.15) is 26.3 Å². The lowest BCUT2D eigenvalue weighted by Gasteiger charge is -2.11. The molecule has 0 saturated carbocycles. The predicted octanol–water partition coefficient (Wildman–Crippen LogP) is 2.30. The standard InChI is InChI=1S/C14H21N3O2S/c1-4-15-14(20)17-16-10-11-7-8-12(18-5-2)13(9-11)19-6-3/h7-10H,4-6H2,1-3H3,(H2,15,17,20)/b16-10-. The molecule has 0 aliphatic heterocycles. The zero-order valence-corrected chi connectivity index (χ0v) is 12.9. The summed E-state index contributed by atoms with van der Waals surface area (Å²) in [5, 5.41) is 7.51. The van der Waals surface area contributed by atoms with Crippen LogP contribution in [0.5, 0.6) is 11.5 Å². The van der Waals surface area contributed by atoms with Gasteiger partial charge in [0.15, 0.2) is 16.6 Å². The summed E-state index contributed by atoms with van der Waals surface area (Å²) in [7, 11) is 0. The molecule has 0 spiro atoms. The highest BCUT2D eigenvalue weighted by atomic mass is 32.1. The molecule has 0 fully saturated rings. The molecule has 0 radical (unpaired) electrons. The van der Waals surface area contributed by atoms with Gasteiger partial charge in [0.25, 0.3) is 0 Å². The van der Waals surface area contributed by atoms with Crippen LogP contribution in [0.25, 0.3) is 0 Å². The highest BCUT2D eigenvalue weighted by Crippen LogP contribution is 2.27. The molecular weight excluding hydrogens is 274 g/mol. The van der Waals surface area contributed by atoms with Gasteiger partial charge in [0.05, 0.1) is 19.4 Å². The van der Waals surface area contributed by atoms with E-state index in [-0.39, 0.29) is 0 Å². The van der Waals surface area contributed by atoms with Crippen LogP contribution in [0.3, 0.4) is 0 Å². The van der Waals surface area contributed by atoms with E-state index in [1.54, 1.807) is 6.21 Å². The molecule has 1 rings (SSSR count). The first kappa shape index (κ1) is 16.2. The lowest BCUT2D eigenvalue weighted by molar-refractivity contribution is 0.288. The second-order valence-electron chi connectivity index (χ2n) is 3.80. The van der Waals surface area contributed by atoms with E-state index in [1.807, 2.05) is 39.0 Å². The first-order valence-electron chi connectivity index (χ1n) is 6.67. The fraction of sp³-hybridized carbons (Fsp3) is 0.429. The lowest BCUT2D eigenvalue weighted by Crippen LogP contribution is -2.31. The molecule has 6 heteroatoms. The molecule has 0 aliphatic carbocycles. The van der Waals surface area contributed by atoms with Crippen molar-refractivity contribution in [1.82, 2.24) is 10.7 Å². The van der Waals surface area contributed by atoms with E-state index in [1.165, 1.54) is 0 Å². The van der Waals surface area contributed by atoms with Gasteiger partial charge in [0, 0.05) is 6.54 Å². The van der Waals surface area contributed by atoms with Crippen LogP contribution in [-0.4, -0.2) is 31.1 Å². The third kappa shape index (κ3) is 5.44. The van der Waals surface area contributed by atoms with Crippen LogP contribution >= 0.6 is 12.2 Å². The fourth-order valence-electron chi connectivity index (χ4n) is 1.51. The van der Waals surface area contributed by atoms with E-state index in [0.29, 0.717) is 24.1 Å². The van der Waals surface area contributed by atoms with E-state index in [4.69, 9.17) is 21.7 Å². The normalized spacial score (nSPS) is 10.3. The molecule has 0 amide bonds. The highest BCUT2D eigenvalue weighted by molar-refractivity contribution is 7.80. The van der Waals surface area contributed by atoms with Gasteiger partial charge in [-0.25, -0.2) is 0 Å². The number of rotatable bonds is 7. The summed E-state index contributed by atoms with van der Waals surface area (Å²) in [5.41, 5.74) is 3.65. The van der Waals surface area contributed by atoms with Gasteiger partial charge < -0.3 is 14.8 Å². The van der Waals surface area contributed by atoms with Crippen LogP contribution in [0.15, 0.2) is 23.3 Å². The first-order valence-corrected chi connectivity index (χ1v) is 7.08. The lowest BCUT2D eigenvalue weighted by atomic mass is 10.2. The van der Waals surface area contributed by atoms with Crippen LogP contribution in [0.4, 0.5) is 0 Å². The van der Waals surface area contributed by atoms with Gasteiger partial charge in [-0.15, -0.1) is 0 Å². The van der Waals surface area contributed by atoms with Gasteiger partial charge >= 0.3 is 0 Å². The minimum absolute atomic E-state index is 0.500. The zero-order chi connectivity index (χ0) is 14.8. The number of thiocarbonyl (C=S) groups is 1. The molecule has 1 aromatic carbocycles. The number of nitrogens with zero attached hydrogens (tertiary/aromatic N) is 1.